The van der Waals surface area contributed by atoms with Crippen molar-refractivity contribution in [3.8, 4) is 5.06 Å². The number of hydrogen-bond acceptors (Lipinski definition) is 4. The standard InChI is InChI=1S/C14H15F3N2.C11H16FNOS/c1-9-6-11-10-4-2-3-5-12(10)18-13(11)7-19(9)8-14(15,16)17;12-5-2-6-13-7-4-10(9-13)14-11-3-1-8-15-11/h2-5,9,18H,6-8H2,1H3;1,3,8,10H,2,4-7,9H2. The predicted molar refractivity (Wildman–Crippen MR) is 128 cm³/mol. The monoisotopic (exact) mass is 497 g/mol. The molecule has 0 radical (unpaired) electrons. The molecule has 34 heavy (non-hydrogen) atoms. The second-order valence-corrected chi connectivity index (χ2v) is 9.91. The maximum absolute atomic E-state index is 12.5. The topological polar surface area (TPSA) is 31.5 Å². The van der Waals surface area contributed by atoms with E-state index in [-0.39, 0.29) is 12.7 Å². The summed E-state index contributed by atoms with van der Waals surface area (Å²) >= 11 is 1.63. The van der Waals surface area contributed by atoms with Crippen molar-refractivity contribution < 1.29 is 22.3 Å². The second-order valence-electron chi connectivity index (χ2n) is 9.00. The molecule has 186 valence electrons. The number of alkyl halides is 4. The Morgan fingerprint density at radius 1 is 1.18 bits per heavy atom. The Balaban J connectivity index is 0.000000166. The van der Waals surface area contributed by atoms with Crippen LogP contribution >= 0.6 is 11.3 Å². The Bertz CT molecular complexity index is 1040. The molecule has 4 heterocycles. The predicted octanol–water partition coefficient (Wildman–Crippen LogP) is 6.04. The summed E-state index contributed by atoms with van der Waals surface area (Å²) < 4.78 is 55.4. The van der Waals surface area contributed by atoms with Gasteiger partial charge in [0.1, 0.15) is 6.10 Å². The number of nitrogens with zero attached hydrogens (tertiary/aromatic N) is 2. The molecule has 0 amide bonds. The van der Waals surface area contributed by atoms with E-state index in [1.165, 1.54) is 10.5 Å². The van der Waals surface area contributed by atoms with Crippen molar-refractivity contribution >= 4 is 22.2 Å². The minimum absolute atomic E-state index is 0.0895. The molecule has 0 spiro atoms. The average Bonchev–Trinajstić information content (AvgIpc) is 3.53. The van der Waals surface area contributed by atoms with Gasteiger partial charge in [0, 0.05) is 48.8 Å². The van der Waals surface area contributed by atoms with Crippen LogP contribution in [0, 0.1) is 0 Å². The molecule has 1 saturated heterocycles. The SMILES string of the molecule is CC1Cc2c([nH]c3ccccc23)CN1CC(F)(F)F.FCCCN1CCC(Oc2cccs2)C1. The molecule has 0 saturated carbocycles. The van der Waals surface area contributed by atoms with Crippen molar-refractivity contribution in [2.24, 2.45) is 0 Å². The van der Waals surface area contributed by atoms with E-state index in [2.05, 4.69) is 9.88 Å². The minimum atomic E-state index is -4.14. The van der Waals surface area contributed by atoms with Gasteiger partial charge in [-0.05, 0) is 55.3 Å². The number of H-pyrrole nitrogens is 1. The zero-order chi connectivity index (χ0) is 24.1. The van der Waals surface area contributed by atoms with Gasteiger partial charge in [0.15, 0.2) is 5.06 Å². The zero-order valence-electron chi connectivity index (χ0n) is 19.3. The van der Waals surface area contributed by atoms with Gasteiger partial charge in [0.05, 0.1) is 13.2 Å². The number of hydrogen-bond donors (Lipinski definition) is 1. The van der Waals surface area contributed by atoms with Crippen LogP contribution in [0.1, 0.15) is 31.0 Å². The van der Waals surface area contributed by atoms with Crippen molar-refractivity contribution in [2.45, 2.75) is 51.1 Å². The summed E-state index contributed by atoms with van der Waals surface area (Å²) in [4.78, 5) is 7.00. The highest BCUT2D eigenvalue weighted by molar-refractivity contribution is 7.11. The van der Waals surface area contributed by atoms with Gasteiger partial charge in [0.25, 0.3) is 0 Å². The van der Waals surface area contributed by atoms with Crippen LogP contribution in [-0.2, 0) is 13.0 Å². The molecule has 2 aliphatic heterocycles. The van der Waals surface area contributed by atoms with Gasteiger partial charge in [-0.3, -0.25) is 14.2 Å². The Labute approximate surface area is 201 Å². The van der Waals surface area contributed by atoms with Gasteiger partial charge in [0.2, 0.25) is 0 Å². The molecule has 0 bridgehead atoms. The first kappa shape index (κ1) is 25.0. The van der Waals surface area contributed by atoms with Crippen molar-refractivity contribution in [1.82, 2.24) is 14.8 Å². The summed E-state index contributed by atoms with van der Waals surface area (Å²) in [7, 11) is 0. The first-order valence-corrected chi connectivity index (χ1v) is 12.6. The van der Waals surface area contributed by atoms with Crippen LogP contribution in [0.25, 0.3) is 10.9 Å². The fourth-order valence-corrected chi connectivity index (χ4v) is 5.36. The largest absolute Gasteiger partial charge is 0.479 e. The summed E-state index contributed by atoms with van der Waals surface area (Å²) in [5.41, 5.74) is 3.10. The molecule has 0 aliphatic carbocycles. The molecular formula is C25H31F4N3OS. The number of thiophene rings is 1. The number of nitrogens with one attached hydrogen (secondary N) is 1. The molecule has 4 nitrogen and oxygen atoms in total. The number of para-hydroxylation sites is 1. The zero-order valence-corrected chi connectivity index (χ0v) is 20.1. The van der Waals surface area contributed by atoms with Gasteiger partial charge < -0.3 is 9.72 Å². The van der Waals surface area contributed by atoms with Crippen LogP contribution in [0.15, 0.2) is 41.8 Å². The number of rotatable bonds is 6. The molecule has 1 aromatic carbocycles. The van der Waals surface area contributed by atoms with Gasteiger partial charge in [-0.2, -0.15) is 13.2 Å². The summed E-state index contributed by atoms with van der Waals surface area (Å²) in [6, 6.07) is 11.8. The molecule has 2 unspecified atom stereocenters. The van der Waals surface area contributed by atoms with E-state index < -0.39 is 12.7 Å². The lowest BCUT2D eigenvalue weighted by Gasteiger charge is -2.33. The summed E-state index contributed by atoms with van der Waals surface area (Å²) in [6.07, 6.45) is -1.48. The lowest BCUT2D eigenvalue weighted by atomic mass is 9.98. The molecule has 2 atom stereocenters. The third-order valence-corrected chi connectivity index (χ3v) is 7.14. The van der Waals surface area contributed by atoms with Gasteiger partial charge in [-0.15, -0.1) is 11.3 Å². The van der Waals surface area contributed by atoms with E-state index in [1.54, 1.807) is 11.3 Å². The fraction of sp³-hybridized carbons (Fsp3) is 0.520. The molecule has 9 heteroatoms. The van der Waals surface area contributed by atoms with E-state index in [0.29, 0.717) is 25.5 Å². The minimum Gasteiger partial charge on any atom is -0.479 e. The molecule has 5 rings (SSSR count). The molecule has 3 aromatic rings. The van der Waals surface area contributed by atoms with Crippen LogP contribution in [-0.4, -0.2) is 66.0 Å². The third kappa shape index (κ3) is 6.52. The number of aromatic nitrogens is 1. The summed E-state index contributed by atoms with van der Waals surface area (Å²) in [5, 5.41) is 4.15. The molecule has 1 N–H and O–H groups in total. The van der Waals surface area contributed by atoms with Crippen LogP contribution < -0.4 is 4.74 Å². The first-order valence-electron chi connectivity index (χ1n) is 11.7. The van der Waals surface area contributed by atoms with Crippen LogP contribution in [0.5, 0.6) is 5.06 Å². The highest BCUT2D eigenvalue weighted by Gasteiger charge is 2.35. The van der Waals surface area contributed by atoms with Gasteiger partial charge in [-0.1, -0.05) is 18.2 Å². The summed E-state index contributed by atoms with van der Waals surface area (Å²) in [6.45, 7) is 3.98. The number of ether oxygens (including phenoxy) is 1. The number of likely N-dealkylation sites (tertiary alicyclic amines) is 1. The summed E-state index contributed by atoms with van der Waals surface area (Å²) in [5.74, 6) is 0. The van der Waals surface area contributed by atoms with Crippen molar-refractivity contribution in [1.29, 1.82) is 0 Å². The second kappa shape index (κ2) is 11.1. The van der Waals surface area contributed by atoms with E-state index in [0.717, 1.165) is 47.7 Å². The number of fused-ring (bicyclic) bond motifs is 3. The van der Waals surface area contributed by atoms with Crippen LogP contribution in [0.2, 0.25) is 0 Å². The quantitative estimate of drug-likeness (QED) is 0.422. The smallest absolute Gasteiger partial charge is 0.401 e. The number of halogens is 4. The third-order valence-electron chi connectivity index (χ3n) is 6.38. The highest BCUT2D eigenvalue weighted by Crippen LogP contribution is 2.31. The Morgan fingerprint density at radius 2 is 2.00 bits per heavy atom. The first-order chi connectivity index (χ1) is 16.3. The van der Waals surface area contributed by atoms with Crippen molar-refractivity contribution in [3.05, 3.63) is 53.0 Å². The van der Waals surface area contributed by atoms with E-state index in [4.69, 9.17) is 4.74 Å². The van der Waals surface area contributed by atoms with Gasteiger partial charge >= 0.3 is 6.18 Å². The van der Waals surface area contributed by atoms with Crippen LogP contribution in [0.3, 0.4) is 0 Å². The average molecular weight is 498 g/mol. The molecule has 2 aliphatic rings. The highest BCUT2D eigenvalue weighted by atomic mass is 32.1. The Hall–Kier alpha value is -2.10. The Kier molecular flexibility index (Phi) is 8.16. The molecular weight excluding hydrogens is 466 g/mol. The molecule has 2 aromatic heterocycles. The number of aromatic amines is 1. The Morgan fingerprint density at radius 3 is 2.74 bits per heavy atom. The lowest BCUT2D eigenvalue weighted by Crippen LogP contribution is -2.43. The van der Waals surface area contributed by atoms with E-state index >= 15 is 0 Å². The maximum Gasteiger partial charge on any atom is 0.401 e. The lowest BCUT2D eigenvalue weighted by molar-refractivity contribution is -0.152. The van der Waals surface area contributed by atoms with E-state index in [1.807, 2.05) is 48.7 Å². The maximum atomic E-state index is 12.5. The van der Waals surface area contributed by atoms with Crippen molar-refractivity contribution in [2.75, 3.05) is 32.9 Å². The van der Waals surface area contributed by atoms with Gasteiger partial charge in [-0.25, -0.2) is 0 Å². The fourth-order valence-electron chi connectivity index (χ4n) is 4.72. The van der Waals surface area contributed by atoms with Crippen molar-refractivity contribution in [3.63, 3.8) is 0 Å². The molecule has 1 fully saturated rings. The van der Waals surface area contributed by atoms with Crippen LogP contribution in [0.4, 0.5) is 17.6 Å². The number of benzene rings is 1. The van der Waals surface area contributed by atoms with E-state index in [9.17, 15) is 17.6 Å². The normalized spacial score (nSPS) is 21.3.